The van der Waals surface area contributed by atoms with Crippen LogP contribution in [0.2, 0.25) is 0 Å². The van der Waals surface area contributed by atoms with E-state index in [-0.39, 0.29) is 52.8 Å². The molecule has 0 saturated heterocycles. The standard InChI is InChI=1S/C37H47N7O5S.ClH/c1-7-37(4,5)19-27(39-21-28-20-38-22-32(40-28)44(6)29-14-10-15-29)23-49-33-18-31(34-24(2)11-8-12-25(34)3)41-36(42-33)43-50(47,48)30-16-9-13-26(17-30)35(45)46;/h8-9,11-13,16-18,20,22,27,29,39H,7,10,14-15,19,21,23H2,1-6H3,(H,45,46)(H,41,42,43);1H. The fraction of sp³-hybridized carbons (Fsp3) is 0.432. The number of hydrogen-bond donors (Lipinski definition) is 3. The topological polar surface area (TPSA) is 160 Å². The molecule has 1 aliphatic rings. The third-order valence-corrected chi connectivity index (χ3v) is 10.8. The van der Waals surface area contributed by atoms with Gasteiger partial charge in [0.25, 0.3) is 10.0 Å². The fourth-order valence-corrected chi connectivity index (χ4v) is 6.90. The lowest BCUT2D eigenvalue weighted by Crippen LogP contribution is -2.39. The Hall–Kier alpha value is -4.33. The highest BCUT2D eigenvalue weighted by atomic mass is 35.5. The van der Waals surface area contributed by atoms with Crippen molar-refractivity contribution in [1.82, 2.24) is 25.3 Å². The van der Waals surface area contributed by atoms with E-state index in [9.17, 15) is 18.3 Å². The number of sulfonamides is 1. The maximum absolute atomic E-state index is 13.4. The Balaban J connectivity index is 0.00000583. The second-order valence-corrected chi connectivity index (χ2v) is 15.5. The van der Waals surface area contributed by atoms with E-state index in [1.807, 2.05) is 32.0 Å². The van der Waals surface area contributed by atoms with Gasteiger partial charge in [-0.3, -0.25) is 4.98 Å². The molecule has 1 aliphatic carbocycles. The molecule has 1 unspecified atom stereocenters. The van der Waals surface area contributed by atoms with Gasteiger partial charge in [0.1, 0.15) is 12.4 Å². The predicted octanol–water partition coefficient (Wildman–Crippen LogP) is 6.82. The van der Waals surface area contributed by atoms with E-state index >= 15 is 0 Å². The lowest BCUT2D eigenvalue weighted by molar-refractivity contribution is 0.0696. The molecule has 5 rings (SSSR count). The van der Waals surface area contributed by atoms with E-state index in [1.165, 1.54) is 37.5 Å². The van der Waals surface area contributed by atoms with Crippen LogP contribution < -0.4 is 19.7 Å². The van der Waals surface area contributed by atoms with E-state index in [0.717, 1.165) is 47.1 Å². The number of hydrogen-bond acceptors (Lipinski definition) is 10. The van der Waals surface area contributed by atoms with E-state index in [0.29, 0.717) is 18.3 Å². The molecule has 274 valence electrons. The minimum absolute atomic E-state index is 0. The van der Waals surface area contributed by atoms with Crippen molar-refractivity contribution < 1.29 is 23.1 Å². The lowest BCUT2D eigenvalue weighted by atomic mass is 9.83. The quantitative estimate of drug-likeness (QED) is 0.111. The van der Waals surface area contributed by atoms with Crippen LogP contribution in [-0.4, -0.2) is 65.2 Å². The van der Waals surface area contributed by atoms with Crippen LogP contribution in [0.3, 0.4) is 0 Å². The Bertz CT molecular complexity index is 1920. The largest absolute Gasteiger partial charge is 0.478 e. The maximum Gasteiger partial charge on any atom is 0.335 e. The molecule has 2 aromatic heterocycles. The third-order valence-electron chi connectivity index (χ3n) is 9.47. The van der Waals surface area contributed by atoms with Gasteiger partial charge in [0.2, 0.25) is 11.8 Å². The molecule has 4 aromatic rings. The molecule has 12 nitrogen and oxygen atoms in total. The number of carboxylic acid groups (broad SMARTS) is 1. The molecular formula is C37H48ClN7O5S. The van der Waals surface area contributed by atoms with Crippen molar-refractivity contribution in [2.45, 2.75) is 90.2 Å². The SMILES string of the molecule is CCC(C)(C)CC(COc1cc(-c2c(C)cccc2C)nc(NS(=O)(=O)c2cccc(C(=O)O)c2)n1)NCc1cncc(N(C)C2CCC2)n1.Cl. The third kappa shape index (κ3) is 10.1. The Morgan fingerprint density at radius 2 is 1.76 bits per heavy atom. The van der Waals surface area contributed by atoms with Gasteiger partial charge >= 0.3 is 5.97 Å². The van der Waals surface area contributed by atoms with Gasteiger partial charge in [0.05, 0.1) is 28.0 Å². The number of aromatic nitrogens is 4. The van der Waals surface area contributed by atoms with Crippen LogP contribution >= 0.6 is 12.4 Å². The van der Waals surface area contributed by atoms with Crippen molar-refractivity contribution in [2.75, 3.05) is 23.3 Å². The summed E-state index contributed by atoms with van der Waals surface area (Å²) < 4.78 is 35.6. The summed E-state index contributed by atoms with van der Waals surface area (Å²) in [5.41, 5.74) is 3.92. The first kappa shape index (κ1) is 39.5. The molecule has 1 fully saturated rings. The van der Waals surface area contributed by atoms with Crippen LogP contribution in [0.25, 0.3) is 11.3 Å². The van der Waals surface area contributed by atoms with Gasteiger partial charge in [-0.2, -0.15) is 4.98 Å². The molecule has 0 bridgehead atoms. The van der Waals surface area contributed by atoms with Crippen molar-refractivity contribution in [3.05, 3.63) is 83.3 Å². The van der Waals surface area contributed by atoms with Gasteiger partial charge in [-0.25, -0.2) is 27.9 Å². The first-order chi connectivity index (χ1) is 23.7. The van der Waals surface area contributed by atoms with Gasteiger partial charge in [-0.05, 0) is 74.3 Å². The smallest absolute Gasteiger partial charge is 0.335 e. The summed E-state index contributed by atoms with van der Waals surface area (Å²) in [5, 5.41) is 13.0. The monoisotopic (exact) mass is 737 g/mol. The van der Waals surface area contributed by atoms with Gasteiger partial charge < -0.3 is 20.1 Å². The molecule has 0 aliphatic heterocycles. The number of nitrogens with zero attached hydrogens (tertiary/aromatic N) is 5. The summed E-state index contributed by atoms with van der Waals surface area (Å²) in [6, 6.07) is 13.1. The van der Waals surface area contributed by atoms with Crippen LogP contribution in [0.1, 0.15) is 80.1 Å². The summed E-state index contributed by atoms with van der Waals surface area (Å²) in [5.74, 6) is -0.372. The van der Waals surface area contributed by atoms with Crippen molar-refractivity contribution in [3.8, 4) is 17.1 Å². The van der Waals surface area contributed by atoms with Crippen molar-refractivity contribution in [2.24, 2.45) is 5.41 Å². The molecule has 1 saturated carbocycles. The number of rotatable bonds is 16. The Kier molecular flexibility index (Phi) is 13.0. The average molecular weight is 738 g/mol. The van der Waals surface area contributed by atoms with Crippen LogP contribution in [0.15, 0.2) is 65.8 Å². The first-order valence-corrected chi connectivity index (χ1v) is 18.4. The molecule has 14 heteroatoms. The summed E-state index contributed by atoms with van der Waals surface area (Å²) in [4.78, 5) is 31.9. The number of benzene rings is 2. The first-order valence-electron chi connectivity index (χ1n) is 17.0. The second kappa shape index (κ2) is 16.8. The van der Waals surface area contributed by atoms with E-state index in [2.05, 4.69) is 57.7 Å². The highest BCUT2D eigenvalue weighted by Gasteiger charge is 2.26. The van der Waals surface area contributed by atoms with Crippen LogP contribution in [-0.2, 0) is 16.6 Å². The molecule has 3 N–H and O–H groups in total. The molecule has 51 heavy (non-hydrogen) atoms. The summed E-state index contributed by atoms with van der Waals surface area (Å²) in [6.07, 6.45) is 8.92. The molecule has 0 radical (unpaired) electrons. The highest BCUT2D eigenvalue weighted by Crippen LogP contribution is 2.31. The molecular weight excluding hydrogens is 690 g/mol. The fourth-order valence-electron chi connectivity index (χ4n) is 5.91. The zero-order valence-corrected chi connectivity index (χ0v) is 31.6. The van der Waals surface area contributed by atoms with E-state index < -0.39 is 16.0 Å². The number of aryl methyl sites for hydroxylation is 2. The van der Waals surface area contributed by atoms with Gasteiger partial charge in [-0.1, -0.05) is 51.5 Å². The normalized spacial score (nSPS) is 13.8. The van der Waals surface area contributed by atoms with E-state index in [4.69, 9.17) is 9.72 Å². The van der Waals surface area contributed by atoms with E-state index in [1.54, 1.807) is 18.5 Å². The Morgan fingerprint density at radius 3 is 2.41 bits per heavy atom. The number of carboxylic acids is 1. The molecule has 0 amide bonds. The number of halogens is 1. The number of ether oxygens (including phenoxy) is 1. The number of nitrogens with one attached hydrogen (secondary N) is 2. The number of aromatic carboxylic acids is 1. The lowest BCUT2D eigenvalue weighted by Gasteiger charge is -2.35. The molecule has 2 aromatic carbocycles. The number of carbonyl (C=O) groups is 1. The summed E-state index contributed by atoms with van der Waals surface area (Å²) in [7, 11) is -2.17. The predicted molar refractivity (Wildman–Crippen MR) is 201 cm³/mol. The highest BCUT2D eigenvalue weighted by molar-refractivity contribution is 7.92. The average Bonchev–Trinajstić information content (AvgIpc) is 3.05. The van der Waals surface area contributed by atoms with Gasteiger partial charge in [-0.15, -0.1) is 12.4 Å². The minimum atomic E-state index is -4.24. The van der Waals surface area contributed by atoms with Gasteiger partial charge in [0, 0.05) is 43.5 Å². The second-order valence-electron chi connectivity index (χ2n) is 13.8. The van der Waals surface area contributed by atoms with Crippen LogP contribution in [0, 0.1) is 19.3 Å². The molecule has 1 atom stereocenters. The van der Waals surface area contributed by atoms with Gasteiger partial charge in [0.15, 0.2) is 0 Å². The maximum atomic E-state index is 13.4. The molecule has 2 heterocycles. The van der Waals surface area contributed by atoms with Crippen molar-refractivity contribution >= 4 is 40.2 Å². The van der Waals surface area contributed by atoms with Crippen molar-refractivity contribution in [1.29, 1.82) is 0 Å². The van der Waals surface area contributed by atoms with Crippen LogP contribution in [0.5, 0.6) is 5.88 Å². The number of anilines is 2. The molecule has 0 spiro atoms. The summed E-state index contributed by atoms with van der Waals surface area (Å²) >= 11 is 0. The minimum Gasteiger partial charge on any atom is -0.478 e. The zero-order valence-electron chi connectivity index (χ0n) is 30.0. The van der Waals surface area contributed by atoms with Crippen molar-refractivity contribution in [3.63, 3.8) is 0 Å². The Morgan fingerprint density at radius 1 is 1.06 bits per heavy atom. The summed E-state index contributed by atoms with van der Waals surface area (Å²) in [6.45, 7) is 11.2. The zero-order chi connectivity index (χ0) is 36.1. The van der Waals surface area contributed by atoms with Crippen LogP contribution in [0.4, 0.5) is 11.8 Å². The Labute approximate surface area is 307 Å².